The van der Waals surface area contributed by atoms with Crippen molar-refractivity contribution < 1.29 is 13.2 Å². The summed E-state index contributed by atoms with van der Waals surface area (Å²) in [4.78, 5) is 8.30. The van der Waals surface area contributed by atoms with Crippen molar-refractivity contribution in [3.63, 3.8) is 0 Å². The summed E-state index contributed by atoms with van der Waals surface area (Å²) in [6, 6.07) is 6.61. The Morgan fingerprint density at radius 1 is 0.870 bits per heavy atom. The van der Waals surface area contributed by atoms with Gasteiger partial charge in [0.05, 0.1) is 38.0 Å². The number of fused-ring (bicyclic) bond motifs is 1. The first-order valence-electron chi connectivity index (χ1n) is 6.24. The highest BCUT2D eigenvalue weighted by Gasteiger charge is 2.31. The van der Waals surface area contributed by atoms with Crippen LogP contribution >= 0.6 is 34.8 Å². The van der Waals surface area contributed by atoms with Crippen LogP contribution in [0.4, 0.5) is 13.2 Å². The van der Waals surface area contributed by atoms with Gasteiger partial charge in [-0.25, -0.2) is 4.98 Å². The third kappa shape index (κ3) is 3.22. The van der Waals surface area contributed by atoms with Gasteiger partial charge >= 0.3 is 6.18 Å². The molecule has 118 valence electrons. The van der Waals surface area contributed by atoms with Crippen LogP contribution in [0.5, 0.6) is 0 Å². The van der Waals surface area contributed by atoms with E-state index in [9.17, 15) is 13.2 Å². The molecule has 0 fully saturated rings. The zero-order chi connectivity index (χ0) is 16.8. The first kappa shape index (κ1) is 16.3. The maximum Gasteiger partial charge on any atom is 0.416 e. The fourth-order valence-corrected chi connectivity index (χ4v) is 2.59. The Kier molecular flexibility index (Phi) is 4.12. The lowest BCUT2D eigenvalue weighted by Crippen LogP contribution is -2.05. The summed E-state index contributed by atoms with van der Waals surface area (Å²) in [5, 5.41) is 0.603. The number of halogens is 6. The van der Waals surface area contributed by atoms with Crippen LogP contribution in [0.1, 0.15) is 5.56 Å². The Morgan fingerprint density at radius 2 is 1.61 bits per heavy atom. The van der Waals surface area contributed by atoms with Crippen LogP contribution in [0, 0.1) is 0 Å². The molecular formula is C15H6Cl3F3N2. The van der Waals surface area contributed by atoms with Gasteiger partial charge in [0.1, 0.15) is 5.52 Å². The summed E-state index contributed by atoms with van der Waals surface area (Å²) in [5.41, 5.74) is 0.436. The zero-order valence-electron chi connectivity index (χ0n) is 11.1. The largest absolute Gasteiger partial charge is 0.416 e. The number of benzene rings is 2. The van der Waals surface area contributed by atoms with Crippen molar-refractivity contribution in [1.82, 2.24) is 9.97 Å². The van der Waals surface area contributed by atoms with E-state index in [4.69, 9.17) is 34.8 Å². The van der Waals surface area contributed by atoms with E-state index in [0.29, 0.717) is 21.3 Å². The van der Waals surface area contributed by atoms with Crippen LogP contribution in [-0.2, 0) is 6.18 Å². The summed E-state index contributed by atoms with van der Waals surface area (Å²) in [6.45, 7) is 0. The number of aromatic nitrogens is 2. The number of rotatable bonds is 1. The third-order valence-corrected chi connectivity index (χ3v) is 4.17. The van der Waals surface area contributed by atoms with E-state index in [2.05, 4.69) is 9.97 Å². The second-order valence-electron chi connectivity index (χ2n) is 4.71. The molecule has 2 aromatic carbocycles. The lowest BCUT2D eigenvalue weighted by molar-refractivity contribution is -0.137. The van der Waals surface area contributed by atoms with Gasteiger partial charge in [0.25, 0.3) is 0 Å². The topological polar surface area (TPSA) is 25.8 Å². The number of alkyl halides is 3. The summed E-state index contributed by atoms with van der Waals surface area (Å²) in [6.07, 6.45) is -3.14. The monoisotopic (exact) mass is 376 g/mol. The molecule has 23 heavy (non-hydrogen) atoms. The van der Waals surface area contributed by atoms with Gasteiger partial charge in [0.15, 0.2) is 0 Å². The number of hydrogen-bond donors (Lipinski definition) is 0. The van der Waals surface area contributed by atoms with E-state index in [-0.39, 0.29) is 16.1 Å². The fourth-order valence-electron chi connectivity index (χ4n) is 2.03. The predicted molar refractivity (Wildman–Crippen MR) is 85.0 cm³/mol. The van der Waals surface area contributed by atoms with Crippen molar-refractivity contribution in [1.29, 1.82) is 0 Å². The Morgan fingerprint density at radius 3 is 2.26 bits per heavy atom. The minimum absolute atomic E-state index is 0.0636. The first-order valence-corrected chi connectivity index (χ1v) is 7.38. The quantitative estimate of drug-likeness (QED) is 0.499. The van der Waals surface area contributed by atoms with Gasteiger partial charge in [0.2, 0.25) is 0 Å². The van der Waals surface area contributed by atoms with Crippen molar-refractivity contribution in [2.75, 3.05) is 0 Å². The van der Waals surface area contributed by atoms with E-state index in [1.807, 2.05) is 0 Å². The molecule has 0 spiro atoms. The Hall–Kier alpha value is -1.56. The molecule has 0 bridgehead atoms. The van der Waals surface area contributed by atoms with E-state index < -0.39 is 11.7 Å². The molecule has 0 unspecified atom stereocenters. The average Bonchev–Trinajstić information content (AvgIpc) is 2.49. The van der Waals surface area contributed by atoms with Gasteiger partial charge in [-0.15, -0.1) is 0 Å². The molecule has 0 atom stereocenters. The molecule has 0 amide bonds. The maximum atomic E-state index is 12.8. The minimum Gasteiger partial charge on any atom is -0.252 e. The second kappa shape index (κ2) is 5.82. The summed E-state index contributed by atoms with van der Waals surface area (Å²) >= 11 is 17.7. The summed E-state index contributed by atoms with van der Waals surface area (Å²) in [7, 11) is 0. The Bertz CT molecular complexity index is 910. The van der Waals surface area contributed by atoms with Crippen molar-refractivity contribution in [2.45, 2.75) is 6.18 Å². The van der Waals surface area contributed by atoms with Gasteiger partial charge in [0, 0.05) is 5.56 Å². The third-order valence-electron chi connectivity index (χ3n) is 3.14. The molecule has 1 heterocycles. The van der Waals surface area contributed by atoms with Crippen LogP contribution in [0.15, 0.2) is 36.5 Å². The molecule has 0 aliphatic heterocycles. The van der Waals surface area contributed by atoms with Crippen LogP contribution in [0.25, 0.3) is 22.3 Å². The summed E-state index contributed by atoms with van der Waals surface area (Å²) < 4.78 is 38.4. The highest BCUT2D eigenvalue weighted by atomic mass is 35.5. The van der Waals surface area contributed by atoms with Crippen molar-refractivity contribution in [2.24, 2.45) is 0 Å². The van der Waals surface area contributed by atoms with Crippen molar-refractivity contribution in [3.8, 4) is 11.3 Å². The average molecular weight is 378 g/mol. The van der Waals surface area contributed by atoms with E-state index >= 15 is 0 Å². The fraction of sp³-hybridized carbons (Fsp3) is 0.0667. The first-order chi connectivity index (χ1) is 10.8. The van der Waals surface area contributed by atoms with E-state index in [1.165, 1.54) is 6.20 Å². The highest BCUT2D eigenvalue weighted by molar-refractivity contribution is 6.42. The molecule has 0 N–H and O–H groups in total. The molecule has 0 aliphatic rings. The van der Waals surface area contributed by atoms with Gasteiger partial charge < -0.3 is 0 Å². The SMILES string of the molecule is FC(F)(F)c1cc(Cl)c2nc(-c3ccc(Cl)c(Cl)c3)cnc2c1. The Labute approximate surface area is 143 Å². The second-order valence-corrected chi connectivity index (χ2v) is 5.93. The molecule has 1 aromatic heterocycles. The highest BCUT2D eigenvalue weighted by Crippen LogP contribution is 2.35. The van der Waals surface area contributed by atoms with Gasteiger partial charge in [-0.1, -0.05) is 40.9 Å². The van der Waals surface area contributed by atoms with Gasteiger partial charge in [-0.3, -0.25) is 4.98 Å². The predicted octanol–water partition coefficient (Wildman–Crippen LogP) is 6.28. The van der Waals surface area contributed by atoms with Crippen molar-refractivity contribution in [3.05, 3.63) is 57.2 Å². The smallest absolute Gasteiger partial charge is 0.252 e. The maximum absolute atomic E-state index is 12.8. The number of hydrogen-bond acceptors (Lipinski definition) is 2. The van der Waals surface area contributed by atoms with Gasteiger partial charge in [-0.05, 0) is 24.3 Å². The normalized spacial score (nSPS) is 11.9. The van der Waals surface area contributed by atoms with Crippen LogP contribution in [0.2, 0.25) is 15.1 Å². The van der Waals surface area contributed by atoms with Crippen molar-refractivity contribution >= 4 is 45.8 Å². The number of nitrogens with zero attached hydrogens (tertiary/aromatic N) is 2. The van der Waals surface area contributed by atoms with Gasteiger partial charge in [-0.2, -0.15) is 13.2 Å². The molecule has 3 aromatic rings. The standard InChI is InChI=1S/C15H6Cl3F3N2/c16-9-2-1-7(3-10(9)17)13-6-22-12-5-8(15(19,20)21)4-11(18)14(12)23-13/h1-6H. The lowest BCUT2D eigenvalue weighted by Gasteiger charge is -2.10. The van der Waals surface area contributed by atoms with Crippen LogP contribution in [-0.4, -0.2) is 9.97 Å². The molecule has 0 saturated carbocycles. The molecule has 2 nitrogen and oxygen atoms in total. The van der Waals surface area contributed by atoms with E-state index in [0.717, 1.165) is 12.1 Å². The minimum atomic E-state index is -4.50. The summed E-state index contributed by atoms with van der Waals surface area (Å²) in [5.74, 6) is 0. The molecular weight excluding hydrogens is 372 g/mol. The lowest BCUT2D eigenvalue weighted by atomic mass is 10.1. The van der Waals surface area contributed by atoms with Crippen LogP contribution < -0.4 is 0 Å². The van der Waals surface area contributed by atoms with Crippen LogP contribution in [0.3, 0.4) is 0 Å². The molecule has 3 rings (SSSR count). The zero-order valence-corrected chi connectivity index (χ0v) is 13.4. The molecule has 8 heteroatoms. The molecule has 0 radical (unpaired) electrons. The van der Waals surface area contributed by atoms with E-state index in [1.54, 1.807) is 18.2 Å². The molecule has 0 aliphatic carbocycles. The molecule has 0 saturated heterocycles. The Balaban J connectivity index is 2.16.